The van der Waals surface area contributed by atoms with Crippen molar-refractivity contribution in [1.82, 2.24) is 0 Å². The van der Waals surface area contributed by atoms with Gasteiger partial charge in [0, 0.05) is 0 Å². The Kier molecular flexibility index (Phi) is 3.83. The molecule has 1 aliphatic rings. The minimum Gasteiger partial charge on any atom is -0.494 e. The quantitative estimate of drug-likeness (QED) is 0.826. The molecule has 2 N–H and O–H groups in total. The summed E-state index contributed by atoms with van der Waals surface area (Å²) < 4.78 is 5.74. The van der Waals surface area contributed by atoms with Crippen LogP contribution in [-0.4, -0.2) is 13.2 Å². The summed E-state index contributed by atoms with van der Waals surface area (Å²) in [6.07, 6.45) is 6.33. The Bertz CT molecular complexity index is 304. The van der Waals surface area contributed by atoms with Crippen LogP contribution in [0.25, 0.3) is 0 Å². The summed E-state index contributed by atoms with van der Waals surface area (Å²) in [6, 6.07) is 10.0. The van der Waals surface area contributed by atoms with Gasteiger partial charge in [0.25, 0.3) is 0 Å². The van der Waals surface area contributed by atoms with Gasteiger partial charge in [-0.3, -0.25) is 0 Å². The Morgan fingerprint density at radius 3 is 2.44 bits per heavy atom. The average molecular weight is 219 g/mol. The lowest BCUT2D eigenvalue weighted by Gasteiger charge is -2.26. The predicted octanol–water partition coefficient (Wildman–Crippen LogP) is 2.97. The van der Waals surface area contributed by atoms with Crippen LogP contribution in [0, 0.1) is 5.41 Å². The fourth-order valence-electron chi connectivity index (χ4n) is 2.58. The molecule has 0 aliphatic heterocycles. The van der Waals surface area contributed by atoms with Crippen molar-refractivity contribution in [2.45, 2.75) is 32.1 Å². The van der Waals surface area contributed by atoms with E-state index in [1.807, 2.05) is 30.3 Å². The van der Waals surface area contributed by atoms with Crippen LogP contribution in [0.1, 0.15) is 32.1 Å². The molecular formula is C14H21NO. The van der Waals surface area contributed by atoms with Crippen molar-refractivity contribution in [1.29, 1.82) is 0 Å². The van der Waals surface area contributed by atoms with E-state index in [9.17, 15) is 0 Å². The van der Waals surface area contributed by atoms with Crippen LogP contribution in [0.2, 0.25) is 0 Å². The molecule has 88 valence electrons. The van der Waals surface area contributed by atoms with Gasteiger partial charge in [0.1, 0.15) is 5.75 Å². The van der Waals surface area contributed by atoms with Crippen LogP contribution in [0.4, 0.5) is 0 Å². The van der Waals surface area contributed by atoms with E-state index in [-0.39, 0.29) is 0 Å². The molecule has 1 fully saturated rings. The fourth-order valence-corrected chi connectivity index (χ4v) is 2.58. The first-order valence-corrected chi connectivity index (χ1v) is 6.23. The van der Waals surface area contributed by atoms with E-state index in [1.54, 1.807) is 0 Å². The second kappa shape index (κ2) is 5.35. The highest BCUT2D eigenvalue weighted by Crippen LogP contribution is 2.40. The molecule has 0 saturated heterocycles. The number of hydrogen-bond acceptors (Lipinski definition) is 2. The number of ether oxygens (including phenoxy) is 1. The molecular weight excluding hydrogens is 198 g/mol. The maximum atomic E-state index is 5.89. The predicted molar refractivity (Wildman–Crippen MR) is 66.5 cm³/mol. The lowest BCUT2D eigenvalue weighted by atomic mass is 9.83. The molecule has 2 rings (SSSR count). The van der Waals surface area contributed by atoms with Gasteiger partial charge < -0.3 is 10.5 Å². The van der Waals surface area contributed by atoms with Crippen molar-refractivity contribution >= 4 is 0 Å². The fraction of sp³-hybridized carbons (Fsp3) is 0.571. The van der Waals surface area contributed by atoms with Crippen LogP contribution in [0.15, 0.2) is 30.3 Å². The number of nitrogens with two attached hydrogens (primary N) is 1. The van der Waals surface area contributed by atoms with E-state index < -0.39 is 0 Å². The molecule has 1 aromatic carbocycles. The highest BCUT2D eigenvalue weighted by molar-refractivity contribution is 5.20. The Morgan fingerprint density at radius 2 is 1.81 bits per heavy atom. The minimum atomic E-state index is 0.370. The molecule has 1 aliphatic carbocycles. The van der Waals surface area contributed by atoms with Crippen molar-refractivity contribution in [2.24, 2.45) is 11.1 Å². The van der Waals surface area contributed by atoms with E-state index in [4.69, 9.17) is 10.5 Å². The first-order valence-electron chi connectivity index (χ1n) is 6.23. The van der Waals surface area contributed by atoms with Gasteiger partial charge in [-0.2, -0.15) is 0 Å². The maximum Gasteiger partial charge on any atom is 0.119 e. The van der Waals surface area contributed by atoms with E-state index in [2.05, 4.69) is 0 Å². The van der Waals surface area contributed by atoms with Crippen molar-refractivity contribution in [3.8, 4) is 5.75 Å². The molecule has 0 radical (unpaired) electrons. The molecule has 0 unspecified atom stereocenters. The van der Waals surface area contributed by atoms with Crippen LogP contribution in [-0.2, 0) is 0 Å². The van der Waals surface area contributed by atoms with E-state index in [1.165, 1.54) is 25.7 Å². The summed E-state index contributed by atoms with van der Waals surface area (Å²) in [7, 11) is 0. The van der Waals surface area contributed by atoms with Gasteiger partial charge in [-0.25, -0.2) is 0 Å². The topological polar surface area (TPSA) is 35.2 Å². The first kappa shape index (κ1) is 11.5. The Morgan fingerprint density at radius 1 is 1.12 bits per heavy atom. The lowest BCUT2D eigenvalue weighted by Crippen LogP contribution is -2.29. The first-order chi connectivity index (χ1) is 7.85. The summed E-state index contributed by atoms with van der Waals surface area (Å²) in [5.74, 6) is 0.965. The smallest absolute Gasteiger partial charge is 0.119 e. The molecule has 0 heterocycles. The van der Waals surface area contributed by atoms with Gasteiger partial charge in [0.05, 0.1) is 6.61 Å². The number of rotatable bonds is 5. The standard InChI is InChI=1S/C14H21NO/c15-12-14(8-4-5-9-14)10-11-16-13-6-2-1-3-7-13/h1-3,6-7H,4-5,8-12,15H2. The van der Waals surface area contributed by atoms with Crippen molar-refractivity contribution in [3.63, 3.8) is 0 Å². The molecule has 0 aromatic heterocycles. The van der Waals surface area contributed by atoms with Gasteiger partial charge in [0.2, 0.25) is 0 Å². The van der Waals surface area contributed by atoms with E-state index >= 15 is 0 Å². The zero-order valence-electron chi connectivity index (χ0n) is 9.82. The van der Waals surface area contributed by atoms with Crippen LogP contribution in [0.3, 0.4) is 0 Å². The molecule has 1 saturated carbocycles. The molecule has 0 bridgehead atoms. The Labute approximate surface area is 97.8 Å². The third-order valence-corrected chi connectivity index (χ3v) is 3.74. The normalized spacial score (nSPS) is 18.6. The maximum absolute atomic E-state index is 5.89. The molecule has 2 nitrogen and oxygen atoms in total. The summed E-state index contributed by atoms with van der Waals surface area (Å²) >= 11 is 0. The zero-order chi connectivity index (χ0) is 11.3. The van der Waals surface area contributed by atoms with Crippen molar-refractivity contribution in [2.75, 3.05) is 13.2 Å². The van der Waals surface area contributed by atoms with Gasteiger partial charge in [0.15, 0.2) is 0 Å². The van der Waals surface area contributed by atoms with Crippen LogP contribution >= 0.6 is 0 Å². The molecule has 2 heteroatoms. The Balaban J connectivity index is 1.79. The highest BCUT2D eigenvalue weighted by atomic mass is 16.5. The minimum absolute atomic E-state index is 0.370. The van der Waals surface area contributed by atoms with Crippen molar-refractivity contribution in [3.05, 3.63) is 30.3 Å². The van der Waals surface area contributed by atoms with E-state index in [0.717, 1.165) is 25.3 Å². The van der Waals surface area contributed by atoms with Gasteiger partial charge in [-0.05, 0) is 43.4 Å². The van der Waals surface area contributed by atoms with Gasteiger partial charge in [-0.15, -0.1) is 0 Å². The molecule has 0 amide bonds. The van der Waals surface area contributed by atoms with Crippen molar-refractivity contribution < 1.29 is 4.74 Å². The van der Waals surface area contributed by atoms with Gasteiger partial charge >= 0.3 is 0 Å². The third-order valence-electron chi connectivity index (χ3n) is 3.74. The summed E-state index contributed by atoms with van der Waals surface area (Å²) in [6.45, 7) is 1.60. The lowest BCUT2D eigenvalue weighted by molar-refractivity contribution is 0.204. The number of para-hydroxylation sites is 1. The molecule has 1 aromatic rings. The molecule has 0 atom stereocenters. The van der Waals surface area contributed by atoms with Gasteiger partial charge in [-0.1, -0.05) is 31.0 Å². The summed E-state index contributed by atoms with van der Waals surface area (Å²) in [5.41, 5.74) is 6.26. The average Bonchev–Trinajstić information content (AvgIpc) is 2.80. The van der Waals surface area contributed by atoms with Crippen LogP contribution < -0.4 is 10.5 Å². The number of hydrogen-bond donors (Lipinski definition) is 1. The SMILES string of the molecule is NCC1(CCOc2ccccc2)CCCC1. The van der Waals surface area contributed by atoms with Crippen LogP contribution in [0.5, 0.6) is 5.75 Å². The third kappa shape index (κ3) is 2.76. The molecule has 0 spiro atoms. The summed E-state index contributed by atoms with van der Waals surface area (Å²) in [4.78, 5) is 0. The summed E-state index contributed by atoms with van der Waals surface area (Å²) in [5, 5.41) is 0. The zero-order valence-corrected chi connectivity index (χ0v) is 9.82. The Hall–Kier alpha value is -1.02. The molecule has 16 heavy (non-hydrogen) atoms. The monoisotopic (exact) mass is 219 g/mol. The second-order valence-electron chi connectivity index (χ2n) is 4.82. The van der Waals surface area contributed by atoms with E-state index in [0.29, 0.717) is 5.41 Å². The highest BCUT2D eigenvalue weighted by Gasteiger charge is 2.31. The number of benzene rings is 1. The second-order valence-corrected chi connectivity index (χ2v) is 4.82. The largest absolute Gasteiger partial charge is 0.494 e.